The molecule has 0 bridgehead atoms. The van der Waals surface area contributed by atoms with Crippen LogP contribution >= 0.6 is 0 Å². The lowest BCUT2D eigenvalue weighted by molar-refractivity contribution is 0.0724. The average molecular weight is 667 g/mol. The highest BCUT2D eigenvalue weighted by molar-refractivity contribution is 5.92. The number of carbonyl (C=O) groups excluding carboxylic acids is 2. The van der Waals surface area contributed by atoms with Gasteiger partial charge in [0.1, 0.15) is 47.2 Å². The molecule has 8 nitrogen and oxygen atoms in total. The van der Waals surface area contributed by atoms with E-state index in [2.05, 4.69) is 13.8 Å². The standard InChI is InChI=1S/C41H46O8/c1-4-6-8-10-24-44-32-16-12-30(13-17-32)40(42)48-34-20-22-38-36(26-34)37-27-35(21-23-39(37)47-29(3)28-46-38)49-41(43)31-14-18-33(19-15-31)45-25-11-9-7-5-2/h12-23,26-27,29H,4-11,24-25,28H2,1-3H3/t29-/m1/s1. The van der Waals surface area contributed by atoms with Gasteiger partial charge in [0.15, 0.2) is 0 Å². The normalized spacial score (nSPS) is 13.4. The van der Waals surface area contributed by atoms with Gasteiger partial charge in [0.2, 0.25) is 0 Å². The Hall–Kier alpha value is -4.98. The Balaban J connectivity index is 1.27. The van der Waals surface area contributed by atoms with Crippen molar-refractivity contribution >= 4 is 11.9 Å². The van der Waals surface area contributed by atoms with Crippen molar-refractivity contribution in [2.75, 3.05) is 19.8 Å². The third-order valence-electron chi connectivity index (χ3n) is 8.13. The van der Waals surface area contributed by atoms with Gasteiger partial charge in [-0.1, -0.05) is 52.4 Å². The molecule has 1 aliphatic heterocycles. The van der Waals surface area contributed by atoms with E-state index in [1.165, 1.54) is 25.7 Å². The highest BCUT2D eigenvalue weighted by Crippen LogP contribution is 2.42. The maximum atomic E-state index is 13.1. The van der Waals surface area contributed by atoms with Crippen molar-refractivity contribution in [2.24, 2.45) is 0 Å². The predicted molar refractivity (Wildman–Crippen MR) is 190 cm³/mol. The lowest BCUT2D eigenvalue weighted by atomic mass is 10.0. The van der Waals surface area contributed by atoms with Gasteiger partial charge in [-0.05, 0) is 105 Å². The maximum Gasteiger partial charge on any atom is 0.343 e. The first-order chi connectivity index (χ1) is 23.9. The fourth-order valence-electron chi connectivity index (χ4n) is 5.40. The van der Waals surface area contributed by atoms with Crippen LogP contribution in [0.5, 0.6) is 34.5 Å². The van der Waals surface area contributed by atoms with Gasteiger partial charge in [0.05, 0.1) is 24.3 Å². The second-order valence-electron chi connectivity index (χ2n) is 12.2. The SMILES string of the molecule is CCCCCCOc1ccc(C(=O)Oc2ccc3c(c2)-c2cc(OC(=O)c4ccc(OCCCCCC)cc4)ccc2O[C@H](C)CO3)cc1. The summed E-state index contributed by atoms with van der Waals surface area (Å²) in [6.07, 6.45) is 8.79. The van der Waals surface area contributed by atoms with Crippen LogP contribution in [0.25, 0.3) is 11.1 Å². The Kier molecular flexibility index (Phi) is 13.0. The summed E-state index contributed by atoms with van der Waals surface area (Å²) in [6, 6.07) is 24.3. The second kappa shape index (κ2) is 18.0. The van der Waals surface area contributed by atoms with Crippen LogP contribution in [0.15, 0.2) is 84.9 Å². The quantitative estimate of drug-likeness (QED) is 0.0663. The minimum Gasteiger partial charge on any atom is -0.494 e. The van der Waals surface area contributed by atoms with Gasteiger partial charge < -0.3 is 28.4 Å². The Labute approximate surface area is 289 Å². The van der Waals surface area contributed by atoms with Gasteiger partial charge in [0, 0.05) is 11.1 Å². The number of hydrogen-bond acceptors (Lipinski definition) is 8. The predicted octanol–water partition coefficient (Wildman–Crippen LogP) is 9.87. The third-order valence-corrected chi connectivity index (χ3v) is 8.13. The fourth-order valence-corrected chi connectivity index (χ4v) is 5.40. The Morgan fingerprint density at radius 3 is 1.53 bits per heavy atom. The molecule has 0 aromatic heterocycles. The summed E-state index contributed by atoms with van der Waals surface area (Å²) in [7, 11) is 0. The number of benzene rings is 4. The molecule has 1 heterocycles. The lowest BCUT2D eigenvalue weighted by Crippen LogP contribution is -2.23. The molecule has 0 aliphatic carbocycles. The molecule has 0 radical (unpaired) electrons. The summed E-state index contributed by atoms with van der Waals surface area (Å²) in [6.45, 7) is 7.89. The van der Waals surface area contributed by atoms with Crippen LogP contribution in [0.2, 0.25) is 0 Å². The third kappa shape index (κ3) is 10.3. The molecule has 0 fully saturated rings. The Morgan fingerprint density at radius 2 is 1.04 bits per heavy atom. The first-order valence-corrected chi connectivity index (χ1v) is 17.4. The summed E-state index contributed by atoms with van der Waals surface area (Å²) in [4.78, 5) is 26.2. The number of hydrogen-bond donors (Lipinski definition) is 0. The van der Waals surface area contributed by atoms with E-state index >= 15 is 0 Å². The highest BCUT2D eigenvalue weighted by atomic mass is 16.5. The first kappa shape index (κ1) is 35.3. The molecule has 49 heavy (non-hydrogen) atoms. The van der Waals surface area contributed by atoms with Crippen LogP contribution in [-0.2, 0) is 0 Å². The van der Waals surface area contributed by atoms with E-state index < -0.39 is 11.9 Å². The first-order valence-electron chi connectivity index (χ1n) is 17.4. The van der Waals surface area contributed by atoms with E-state index in [4.69, 9.17) is 28.4 Å². The molecule has 4 aromatic carbocycles. The van der Waals surface area contributed by atoms with Crippen LogP contribution in [0.1, 0.15) is 92.9 Å². The van der Waals surface area contributed by atoms with E-state index in [0.717, 1.165) is 25.7 Å². The second-order valence-corrected chi connectivity index (χ2v) is 12.2. The minimum absolute atomic E-state index is 0.228. The molecule has 5 rings (SSSR count). The van der Waals surface area contributed by atoms with E-state index in [1.54, 1.807) is 84.9 Å². The molecule has 0 saturated carbocycles. The number of carbonyl (C=O) groups is 2. The Bertz CT molecular complexity index is 1660. The van der Waals surface area contributed by atoms with E-state index in [9.17, 15) is 9.59 Å². The molecule has 0 saturated heterocycles. The van der Waals surface area contributed by atoms with Crippen LogP contribution in [-0.4, -0.2) is 37.9 Å². The fraction of sp³-hybridized carbons (Fsp3) is 0.366. The maximum absolute atomic E-state index is 13.1. The van der Waals surface area contributed by atoms with Crippen molar-refractivity contribution in [1.29, 1.82) is 0 Å². The summed E-state index contributed by atoms with van der Waals surface area (Å²) in [5.74, 6) is 2.27. The number of esters is 2. The van der Waals surface area contributed by atoms with Gasteiger partial charge in [0.25, 0.3) is 0 Å². The number of rotatable bonds is 16. The largest absolute Gasteiger partial charge is 0.494 e. The summed E-state index contributed by atoms with van der Waals surface area (Å²) >= 11 is 0. The molecular weight excluding hydrogens is 620 g/mol. The molecule has 0 spiro atoms. The van der Waals surface area contributed by atoms with Crippen molar-refractivity contribution in [2.45, 2.75) is 78.2 Å². The van der Waals surface area contributed by atoms with E-state index in [0.29, 0.717) is 76.6 Å². The molecular formula is C41H46O8. The Morgan fingerprint density at radius 1 is 0.592 bits per heavy atom. The van der Waals surface area contributed by atoms with Crippen molar-refractivity contribution in [3.63, 3.8) is 0 Å². The number of unbranched alkanes of at least 4 members (excludes halogenated alkanes) is 6. The van der Waals surface area contributed by atoms with Gasteiger partial charge in [-0.2, -0.15) is 0 Å². The molecule has 258 valence electrons. The van der Waals surface area contributed by atoms with Gasteiger partial charge in [-0.15, -0.1) is 0 Å². The van der Waals surface area contributed by atoms with Crippen molar-refractivity contribution in [3.8, 4) is 45.6 Å². The van der Waals surface area contributed by atoms with Gasteiger partial charge in [-0.25, -0.2) is 9.59 Å². The zero-order valence-corrected chi connectivity index (χ0v) is 28.7. The van der Waals surface area contributed by atoms with E-state index in [-0.39, 0.29) is 6.10 Å². The zero-order valence-electron chi connectivity index (χ0n) is 28.7. The molecule has 4 aromatic rings. The minimum atomic E-state index is -0.498. The van der Waals surface area contributed by atoms with Crippen molar-refractivity contribution < 1.29 is 38.0 Å². The summed E-state index contributed by atoms with van der Waals surface area (Å²) in [5, 5.41) is 0. The molecule has 0 unspecified atom stereocenters. The van der Waals surface area contributed by atoms with Gasteiger partial charge >= 0.3 is 11.9 Å². The molecule has 0 amide bonds. The molecule has 1 aliphatic rings. The molecule has 1 atom stereocenters. The summed E-state index contributed by atoms with van der Waals surface area (Å²) in [5.41, 5.74) is 2.08. The van der Waals surface area contributed by atoms with Crippen LogP contribution in [0.4, 0.5) is 0 Å². The highest BCUT2D eigenvalue weighted by Gasteiger charge is 2.22. The van der Waals surface area contributed by atoms with Gasteiger partial charge in [-0.3, -0.25) is 0 Å². The zero-order chi connectivity index (χ0) is 34.4. The molecule has 0 N–H and O–H groups in total. The van der Waals surface area contributed by atoms with E-state index in [1.807, 2.05) is 6.92 Å². The topological polar surface area (TPSA) is 89.5 Å². The smallest absolute Gasteiger partial charge is 0.343 e. The summed E-state index contributed by atoms with van der Waals surface area (Å²) < 4.78 is 35.4. The number of ether oxygens (including phenoxy) is 6. The average Bonchev–Trinajstić information content (AvgIpc) is 3.11. The van der Waals surface area contributed by atoms with Crippen LogP contribution in [0.3, 0.4) is 0 Å². The monoisotopic (exact) mass is 666 g/mol. The number of fused-ring (bicyclic) bond motifs is 3. The van der Waals surface area contributed by atoms with Crippen molar-refractivity contribution in [1.82, 2.24) is 0 Å². The van der Waals surface area contributed by atoms with Crippen molar-refractivity contribution in [3.05, 3.63) is 96.1 Å². The van der Waals surface area contributed by atoms with Crippen LogP contribution in [0, 0.1) is 0 Å². The molecule has 8 heteroatoms. The van der Waals surface area contributed by atoms with Crippen LogP contribution < -0.4 is 28.4 Å². The lowest BCUT2D eigenvalue weighted by Gasteiger charge is -2.24.